The van der Waals surface area contributed by atoms with Gasteiger partial charge in [0.25, 0.3) is 0 Å². The second-order valence-corrected chi connectivity index (χ2v) is 5.41. The summed E-state index contributed by atoms with van der Waals surface area (Å²) in [6, 6.07) is 3.16. The van der Waals surface area contributed by atoms with Crippen molar-refractivity contribution in [2.45, 2.75) is 40.2 Å². The number of benzene rings is 1. The van der Waals surface area contributed by atoms with Crippen LogP contribution >= 0.6 is 0 Å². The Morgan fingerprint density at radius 3 is 2.16 bits per heavy atom. The Hall–Kier alpha value is -2.04. The number of carbonyl (C=O) groups is 2. The monoisotopic (exact) mass is 265 g/mol. The van der Waals surface area contributed by atoms with E-state index in [1.165, 1.54) is 6.07 Å². The lowest BCUT2D eigenvalue weighted by molar-refractivity contribution is 0.0636. The van der Waals surface area contributed by atoms with Gasteiger partial charge >= 0.3 is 12.1 Å². The van der Waals surface area contributed by atoms with E-state index in [9.17, 15) is 9.59 Å². The number of aromatic carboxylic acids is 1. The number of amides is 1. The minimum atomic E-state index is -1.09. The van der Waals surface area contributed by atoms with Gasteiger partial charge in [-0.25, -0.2) is 9.59 Å². The molecule has 0 bridgehead atoms. The smallest absolute Gasteiger partial charge is 0.412 e. The topological polar surface area (TPSA) is 75.6 Å². The lowest BCUT2D eigenvalue weighted by Gasteiger charge is -2.20. The third-order valence-corrected chi connectivity index (χ3v) is 2.50. The van der Waals surface area contributed by atoms with E-state index in [1.54, 1.807) is 26.8 Å². The maximum Gasteiger partial charge on any atom is 0.412 e. The van der Waals surface area contributed by atoms with Crippen LogP contribution in [0.25, 0.3) is 0 Å². The Morgan fingerprint density at radius 1 is 1.16 bits per heavy atom. The standard InChI is InChI=1S/C14H19NO4/c1-8-6-10(12(16)17)11(7-9(8)2)15-13(18)19-14(3,4)5/h6-7H,1-5H3,(H,15,18)(H,16,17). The second-order valence-electron chi connectivity index (χ2n) is 5.41. The zero-order valence-corrected chi connectivity index (χ0v) is 11.8. The summed E-state index contributed by atoms with van der Waals surface area (Å²) in [7, 11) is 0. The minimum absolute atomic E-state index is 0.0500. The Morgan fingerprint density at radius 2 is 1.68 bits per heavy atom. The first-order valence-electron chi connectivity index (χ1n) is 5.94. The van der Waals surface area contributed by atoms with Crippen molar-refractivity contribution in [3.05, 3.63) is 28.8 Å². The van der Waals surface area contributed by atoms with E-state index in [0.29, 0.717) is 0 Å². The number of ether oxygens (including phenoxy) is 1. The molecule has 0 aliphatic carbocycles. The molecule has 0 aromatic heterocycles. The van der Waals surface area contributed by atoms with Crippen LogP contribution in [-0.4, -0.2) is 22.8 Å². The fourth-order valence-electron chi connectivity index (χ4n) is 1.51. The number of carboxylic acid groups (broad SMARTS) is 1. The molecule has 1 aromatic carbocycles. The first-order valence-corrected chi connectivity index (χ1v) is 5.94. The maximum absolute atomic E-state index is 11.7. The van der Waals surface area contributed by atoms with Gasteiger partial charge in [0.2, 0.25) is 0 Å². The summed E-state index contributed by atoms with van der Waals surface area (Å²) in [4.78, 5) is 22.8. The molecule has 0 fully saturated rings. The molecular weight excluding hydrogens is 246 g/mol. The number of aryl methyl sites for hydroxylation is 2. The third kappa shape index (κ3) is 4.28. The number of nitrogens with one attached hydrogen (secondary N) is 1. The summed E-state index contributed by atoms with van der Waals surface area (Å²) in [5.74, 6) is -1.09. The number of hydrogen-bond donors (Lipinski definition) is 2. The fraction of sp³-hybridized carbons (Fsp3) is 0.429. The molecule has 0 aliphatic heterocycles. The molecule has 5 heteroatoms. The summed E-state index contributed by atoms with van der Waals surface area (Å²) in [6.07, 6.45) is -0.668. The molecule has 1 rings (SSSR count). The molecule has 0 saturated heterocycles. The van der Waals surface area contributed by atoms with Gasteiger partial charge in [0.05, 0.1) is 11.3 Å². The predicted octanol–water partition coefficient (Wildman–Crippen LogP) is 3.35. The quantitative estimate of drug-likeness (QED) is 0.859. The van der Waals surface area contributed by atoms with Gasteiger partial charge in [-0.1, -0.05) is 0 Å². The van der Waals surface area contributed by atoms with E-state index in [4.69, 9.17) is 9.84 Å². The van der Waals surface area contributed by atoms with Crippen LogP contribution < -0.4 is 5.32 Å². The van der Waals surface area contributed by atoms with Crippen molar-refractivity contribution in [3.63, 3.8) is 0 Å². The lowest BCUT2D eigenvalue weighted by Crippen LogP contribution is -2.27. The average Bonchev–Trinajstić information content (AvgIpc) is 2.19. The molecule has 1 aromatic rings. The van der Waals surface area contributed by atoms with E-state index in [-0.39, 0.29) is 11.3 Å². The summed E-state index contributed by atoms with van der Waals surface area (Å²) >= 11 is 0. The Kier molecular flexibility index (Phi) is 4.19. The van der Waals surface area contributed by atoms with Gasteiger partial charge in [-0.3, -0.25) is 5.32 Å². The zero-order chi connectivity index (χ0) is 14.8. The molecule has 104 valence electrons. The summed E-state index contributed by atoms with van der Waals surface area (Å²) in [6.45, 7) is 8.89. The van der Waals surface area contributed by atoms with Crippen LogP contribution in [0, 0.1) is 13.8 Å². The number of hydrogen-bond acceptors (Lipinski definition) is 3. The molecule has 0 heterocycles. The molecule has 0 spiro atoms. The highest BCUT2D eigenvalue weighted by atomic mass is 16.6. The zero-order valence-electron chi connectivity index (χ0n) is 11.8. The van der Waals surface area contributed by atoms with E-state index in [0.717, 1.165) is 11.1 Å². The minimum Gasteiger partial charge on any atom is -0.478 e. The molecule has 2 N–H and O–H groups in total. The van der Waals surface area contributed by atoms with E-state index >= 15 is 0 Å². The van der Waals surface area contributed by atoms with E-state index < -0.39 is 17.7 Å². The molecule has 5 nitrogen and oxygen atoms in total. The largest absolute Gasteiger partial charge is 0.478 e. The number of carbonyl (C=O) groups excluding carboxylic acids is 1. The van der Waals surface area contributed by atoms with Gasteiger partial charge in [-0.05, 0) is 57.9 Å². The Balaban J connectivity index is 3.03. The van der Waals surface area contributed by atoms with Crippen LogP contribution in [0.4, 0.5) is 10.5 Å². The molecular formula is C14H19NO4. The highest BCUT2D eigenvalue weighted by Gasteiger charge is 2.19. The summed E-state index contributed by atoms with van der Waals surface area (Å²) in [5, 5.41) is 11.6. The molecule has 0 unspecified atom stereocenters. The van der Waals surface area contributed by atoms with Crippen LogP contribution in [0.2, 0.25) is 0 Å². The number of anilines is 1. The fourth-order valence-corrected chi connectivity index (χ4v) is 1.51. The van der Waals surface area contributed by atoms with Crippen LogP contribution in [0.1, 0.15) is 42.3 Å². The first kappa shape index (κ1) is 15.0. The van der Waals surface area contributed by atoms with Gasteiger partial charge in [0.15, 0.2) is 0 Å². The van der Waals surface area contributed by atoms with Crippen molar-refractivity contribution in [2.75, 3.05) is 5.32 Å². The normalized spacial score (nSPS) is 11.0. The molecule has 0 radical (unpaired) electrons. The van der Waals surface area contributed by atoms with E-state index in [2.05, 4.69) is 5.32 Å². The van der Waals surface area contributed by atoms with Gasteiger partial charge in [0, 0.05) is 0 Å². The summed E-state index contributed by atoms with van der Waals surface area (Å²) < 4.78 is 5.10. The van der Waals surface area contributed by atoms with Crippen molar-refractivity contribution in [3.8, 4) is 0 Å². The van der Waals surface area contributed by atoms with Crippen molar-refractivity contribution in [1.82, 2.24) is 0 Å². The van der Waals surface area contributed by atoms with Gasteiger partial charge < -0.3 is 9.84 Å². The van der Waals surface area contributed by atoms with Crippen LogP contribution in [0.3, 0.4) is 0 Å². The number of carboxylic acids is 1. The van der Waals surface area contributed by atoms with Crippen LogP contribution in [0.15, 0.2) is 12.1 Å². The molecule has 19 heavy (non-hydrogen) atoms. The second kappa shape index (κ2) is 5.30. The van der Waals surface area contributed by atoms with Crippen molar-refractivity contribution < 1.29 is 19.4 Å². The van der Waals surface area contributed by atoms with Crippen LogP contribution in [0.5, 0.6) is 0 Å². The van der Waals surface area contributed by atoms with Crippen molar-refractivity contribution >= 4 is 17.7 Å². The number of rotatable bonds is 2. The molecule has 0 atom stereocenters. The van der Waals surface area contributed by atoms with Gasteiger partial charge in [-0.2, -0.15) is 0 Å². The van der Waals surface area contributed by atoms with Crippen LogP contribution in [-0.2, 0) is 4.74 Å². The highest BCUT2D eigenvalue weighted by Crippen LogP contribution is 2.22. The molecule has 0 aliphatic rings. The maximum atomic E-state index is 11.7. The first-order chi connectivity index (χ1) is 8.60. The lowest BCUT2D eigenvalue weighted by atomic mass is 10.0. The van der Waals surface area contributed by atoms with E-state index in [1.807, 2.05) is 13.8 Å². The SMILES string of the molecule is Cc1cc(NC(=O)OC(C)(C)C)c(C(=O)O)cc1C. The third-order valence-electron chi connectivity index (χ3n) is 2.50. The Bertz CT molecular complexity index is 515. The average molecular weight is 265 g/mol. The highest BCUT2D eigenvalue weighted by molar-refractivity contribution is 5.99. The molecule has 0 saturated carbocycles. The van der Waals surface area contributed by atoms with Crippen molar-refractivity contribution in [2.24, 2.45) is 0 Å². The predicted molar refractivity (Wildman–Crippen MR) is 72.7 cm³/mol. The summed E-state index contributed by atoms with van der Waals surface area (Å²) in [5.41, 5.74) is 1.41. The van der Waals surface area contributed by atoms with Crippen molar-refractivity contribution in [1.29, 1.82) is 0 Å². The molecule has 1 amide bonds. The van der Waals surface area contributed by atoms with Gasteiger partial charge in [-0.15, -0.1) is 0 Å². The van der Waals surface area contributed by atoms with Gasteiger partial charge in [0.1, 0.15) is 5.60 Å². The Labute approximate surface area is 112 Å².